The van der Waals surface area contributed by atoms with Crippen LogP contribution in [0, 0.1) is 12.1 Å². The van der Waals surface area contributed by atoms with Crippen LogP contribution in [0.25, 0.3) is 139 Å². The molecule has 0 fully saturated rings. The van der Waals surface area contributed by atoms with Gasteiger partial charge in [0, 0.05) is 33.4 Å². The molecular formula is C68H41N5OPt. The molecule has 0 amide bonds. The van der Waals surface area contributed by atoms with E-state index in [0.717, 1.165) is 139 Å². The van der Waals surface area contributed by atoms with Crippen molar-refractivity contribution in [3.05, 3.63) is 261 Å². The molecule has 0 N–H and O–H groups in total. The SMILES string of the molecule is [Pt+2].[c-]1c(-c2nc3ccccc3n2-c2ccccc2-c2ccccc2)cccc1-n1c2[c-]c(-c3nc4ccccc4n3-c3ccccc3-c3ccccc3)c3oc4cc(-c5ccccc5)ccc4c3c2c2ccccc21. The third-order valence-electron chi connectivity index (χ3n) is 14.5. The molecule has 15 aromatic rings. The fourth-order valence-electron chi connectivity index (χ4n) is 11.2. The molecule has 0 atom stereocenters. The van der Waals surface area contributed by atoms with Crippen LogP contribution < -0.4 is 0 Å². The Balaban J connectivity index is 0.00000516. The molecule has 0 bridgehead atoms. The van der Waals surface area contributed by atoms with Crippen molar-refractivity contribution in [2.75, 3.05) is 0 Å². The molecule has 11 aromatic carbocycles. The first-order chi connectivity index (χ1) is 36.7. The molecular weight excluding hydrogens is 1100 g/mol. The van der Waals surface area contributed by atoms with Crippen molar-refractivity contribution in [1.29, 1.82) is 0 Å². The molecule has 0 saturated carbocycles. The zero-order chi connectivity index (χ0) is 48.7. The topological polar surface area (TPSA) is 53.7 Å². The van der Waals surface area contributed by atoms with Crippen LogP contribution in [0.5, 0.6) is 0 Å². The molecule has 4 heterocycles. The largest absolute Gasteiger partial charge is 2.00 e. The summed E-state index contributed by atoms with van der Waals surface area (Å²) >= 11 is 0. The fourth-order valence-corrected chi connectivity index (χ4v) is 11.2. The summed E-state index contributed by atoms with van der Waals surface area (Å²) in [6.45, 7) is 0. The summed E-state index contributed by atoms with van der Waals surface area (Å²) in [4.78, 5) is 10.9. The smallest absolute Gasteiger partial charge is 0.500 e. The van der Waals surface area contributed by atoms with E-state index in [2.05, 4.69) is 268 Å². The zero-order valence-electron chi connectivity index (χ0n) is 40.1. The third kappa shape index (κ3) is 7.13. The summed E-state index contributed by atoms with van der Waals surface area (Å²) in [6.07, 6.45) is 0. The van der Waals surface area contributed by atoms with Gasteiger partial charge in [-0.15, -0.1) is 35.9 Å². The molecule has 0 spiro atoms. The Hall–Kier alpha value is -9.35. The number of para-hydroxylation sites is 7. The van der Waals surface area contributed by atoms with Crippen molar-refractivity contribution in [3.63, 3.8) is 0 Å². The van der Waals surface area contributed by atoms with Crippen molar-refractivity contribution in [2.45, 2.75) is 0 Å². The molecule has 75 heavy (non-hydrogen) atoms. The van der Waals surface area contributed by atoms with E-state index in [0.29, 0.717) is 0 Å². The molecule has 15 rings (SSSR count). The second-order valence-electron chi connectivity index (χ2n) is 18.7. The Kier molecular flexibility index (Phi) is 10.6. The van der Waals surface area contributed by atoms with Crippen molar-refractivity contribution < 1.29 is 25.5 Å². The van der Waals surface area contributed by atoms with E-state index in [9.17, 15) is 0 Å². The van der Waals surface area contributed by atoms with E-state index in [4.69, 9.17) is 14.4 Å². The number of nitrogens with zero attached hydrogens (tertiary/aromatic N) is 5. The minimum absolute atomic E-state index is 0. The second kappa shape index (κ2) is 18.0. The molecule has 0 unspecified atom stereocenters. The van der Waals surface area contributed by atoms with Gasteiger partial charge in [-0.3, -0.25) is 9.97 Å². The minimum atomic E-state index is 0. The standard InChI is InChI=1S/C68H41N5O.Pt/c1-4-21-44(22-5-1)47-39-40-53-63(42-47)74-66-54(68-70-56-33-14-19-38-61(56)73(68)58-35-16-11-30-51(58)46-25-8-3-9-26-46)43-62-64(65(53)66)52-31-12-17-36-59(52)71(62)49-28-20-27-48(41-49)67-69-55-32-13-18-37-60(55)72(67)57-34-15-10-29-50(57)45-23-6-2-7-24-45;/h1-40,42H;/q-2;+2. The third-order valence-corrected chi connectivity index (χ3v) is 14.5. The number of fused-ring (bicyclic) bond motifs is 9. The van der Waals surface area contributed by atoms with Crippen LogP contribution in [0.4, 0.5) is 0 Å². The monoisotopic (exact) mass is 1140 g/mol. The van der Waals surface area contributed by atoms with Gasteiger partial charge in [-0.2, -0.15) is 0 Å². The average Bonchev–Trinajstić information content (AvgIpc) is 4.35. The van der Waals surface area contributed by atoms with Crippen molar-refractivity contribution in [1.82, 2.24) is 23.7 Å². The Morgan fingerprint density at radius 3 is 1.56 bits per heavy atom. The van der Waals surface area contributed by atoms with Crippen LogP contribution in [0.15, 0.2) is 253 Å². The number of aromatic nitrogens is 5. The van der Waals surface area contributed by atoms with Crippen LogP contribution >= 0.6 is 0 Å². The van der Waals surface area contributed by atoms with E-state index >= 15 is 0 Å². The normalized spacial score (nSPS) is 11.6. The fraction of sp³-hybridized carbons (Fsp3) is 0. The maximum absolute atomic E-state index is 7.26. The quantitative estimate of drug-likeness (QED) is 0.143. The van der Waals surface area contributed by atoms with Crippen LogP contribution in [0.2, 0.25) is 0 Å². The molecule has 6 nitrogen and oxygen atoms in total. The van der Waals surface area contributed by atoms with Crippen LogP contribution in [-0.4, -0.2) is 23.7 Å². The summed E-state index contributed by atoms with van der Waals surface area (Å²) in [5.41, 5.74) is 18.3. The van der Waals surface area contributed by atoms with Gasteiger partial charge in [-0.25, -0.2) is 0 Å². The molecule has 0 aliphatic carbocycles. The molecule has 0 saturated heterocycles. The minimum Gasteiger partial charge on any atom is -0.500 e. The average molecular weight is 1140 g/mol. The molecule has 0 aliphatic rings. The van der Waals surface area contributed by atoms with Gasteiger partial charge in [0.1, 0.15) is 5.58 Å². The van der Waals surface area contributed by atoms with Crippen LogP contribution in [0.1, 0.15) is 0 Å². The molecule has 4 aromatic heterocycles. The van der Waals surface area contributed by atoms with Crippen molar-refractivity contribution in [3.8, 4) is 73.2 Å². The van der Waals surface area contributed by atoms with E-state index in [1.54, 1.807) is 0 Å². The van der Waals surface area contributed by atoms with Crippen molar-refractivity contribution >= 4 is 65.8 Å². The van der Waals surface area contributed by atoms with Crippen LogP contribution in [0.3, 0.4) is 0 Å². The summed E-state index contributed by atoms with van der Waals surface area (Å²) in [5.74, 6) is 1.52. The summed E-state index contributed by atoms with van der Waals surface area (Å²) in [5, 5.41) is 4.14. The van der Waals surface area contributed by atoms with Gasteiger partial charge < -0.3 is 18.1 Å². The predicted octanol–water partition coefficient (Wildman–Crippen LogP) is 17.3. The molecule has 0 radical (unpaired) electrons. The number of hydrogen-bond donors (Lipinski definition) is 0. The molecule has 0 aliphatic heterocycles. The summed E-state index contributed by atoms with van der Waals surface area (Å²) in [7, 11) is 0. The van der Waals surface area contributed by atoms with Crippen molar-refractivity contribution in [2.24, 2.45) is 0 Å². The molecule has 354 valence electrons. The summed E-state index contributed by atoms with van der Waals surface area (Å²) < 4.78 is 14.1. The second-order valence-corrected chi connectivity index (χ2v) is 18.7. The maximum Gasteiger partial charge on any atom is 2.00 e. The van der Waals surface area contributed by atoms with E-state index in [1.165, 1.54) is 0 Å². The predicted molar refractivity (Wildman–Crippen MR) is 302 cm³/mol. The summed E-state index contributed by atoms with van der Waals surface area (Å²) in [6, 6.07) is 95.1. The van der Waals surface area contributed by atoms with Crippen LogP contribution in [-0.2, 0) is 21.1 Å². The van der Waals surface area contributed by atoms with Gasteiger partial charge >= 0.3 is 21.1 Å². The van der Waals surface area contributed by atoms with Gasteiger partial charge in [-0.05, 0) is 92.8 Å². The maximum atomic E-state index is 7.26. The Morgan fingerprint density at radius 2 is 0.907 bits per heavy atom. The Labute approximate surface area is 446 Å². The van der Waals surface area contributed by atoms with E-state index in [-0.39, 0.29) is 21.1 Å². The number of benzene rings is 11. The Morgan fingerprint density at radius 1 is 0.373 bits per heavy atom. The number of imidazole rings is 2. The number of hydrogen-bond acceptors (Lipinski definition) is 3. The first-order valence-corrected chi connectivity index (χ1v) is 24.9. The zero-order valence-corrected chi connectivity index (χ0v) is 42.4. The first kappa shape index (κ1) is 44.4. The first-order valence-electron chi connectivity index (χ1n) is 24.9. The van der Waals surface area contributed by atoms with Gasteiger partial charge in [0.05, 0.1) is 39.3 Å². The van der Waals surface area contributed by atoms with Gasteiger partial charge in [-0.1, -0.05) is 193 Å². The molecule has 7 heteroatoms. The van der Waals surface area contributed by atoms with Gasteiger partial charge in [0.2, 0.25) is 0 Å². The Bertz CT molecular complexity index is 4660. The van der Waals surface area contributed by atoms with Gasteiger partial charge in [0.25, 0.3) is 0 Å². The number of furan rings is 1. The van der Waals surface area contributed by atoms with Gasteiger partial charge in [0.15, 0.2) is 0 Å². The van der Waals surface area contributed by atoms with E-state index < -0.39 is 0 Å². The number of rotatable bonds is 8. The van der Waals surface area contributed by atoms with E-state index in [1.807, 2.05) is 6.07 Å².